The van der Waals surface area contributed by atoms with E-state index >= 15 is 0 Å². The largest absolute Gasteiger partial charge is 0.376 e. The molecule has 3 aliphatic heterocycles. The number of ether oxygens (including phenoxy) is 4. The van der Waals surface area contributed by atoms with Crippen LogP contribution in [0.3, 0.4) is 0 Å². The van der Waals surface area contributed by atoms with Crippen molar-refractivity contribution in [2.24, 2.45) is 5.73 Å². The number of likely N-dealkylation sites (tertiary alicyclic amines) is 1. The van der Waals surface area contributed by atoms with Gasteiger partial charge >= 0.3 is 6.03 Å². The Morgan fingerprint density at radius 2 is 1.81 bits per heavy atom. The molecular weight excluding hydrogens is 644 g/mol. The molecule has 0 saturated carbocycles. The minimum absolute atomic E-state index is 0.203. The molecule has 3 fully saturated rings. The maximum atomic E-state index is 13.9. The number of hydrogen-bond donors (Lipinski definition) is 3. The topological polar surface area (TPSA) is 141 Å². The van der Waals surface area contributed by atoms with Gasteiger partial charge in [-0.15, -0.1) is 0 Å². The van der Waals surface area contributed by atoms with Crippen molar-refractivity contribution >= 4 is 51.1 Å². The van der Waals surface area contributed by atoms with Gasteiger partial charge in [0.2, 0.25) is 11.8 Å². The Hall–Kier alpha value is -2.74. The fourth-order valence-corrected chi connectivity index (χ4v) is 6.49. The van der Waals surface area contributed by atoms with Crippen LogP contribution in [0, 0.1) is 0 Å². The summed E-state index contributed by atoms with van der Waals surface area (Å²) in [5, 5.41) is 6.39. The summed E-state index contributed by atoms with van der Waals surface area (Å²) in [7, 11) is 1.51. The van der Waals surface area contributed by atoms with Gasteiger partial charge in [0.05, 0.1) is 6.04 Å². The molecule has 43 heavy (non-hydrogen) atoms. The lowest BCUT2D eigenvalue weighted by molar-refractivity contribution is -0.220. The Bertz CT molecular complexity index is 1330. The molecule has 1 unspecified atom stereocenters. The van der Waals surface area contributed by atoms with Crippen LogP contribution < -0.4 is 16.4 Å². The van der Waals surface area contributed by atoms with Gasteiger partial charge in [0.15, 0.2) is 12.1 Å². The first kappa shape index (κ1) is 31.7. The van der Waals surface area contributed by atoms with Crippen LogP contribution in [-0.2, 0) is 35.0 Å². The summed E-state index contributed by atoms with van der Waals surface area (Å²) >= 11 is 9.48. The second-order valence-electron chi connectivity index (χ2n) is 11.5. The van der Waals surface area contributed by atoms with Gasteiger partial charge in [-0.2, -0.15) is 0 Å². The fourth-order valence-electron chi connectivity index (χ4n) is 6.10. The first-order chi connectivity index (χ1) is 20.4. The highest BCUT2D eigenvalue weighted by Crippen LogP contribution is 2.40. The van der Waals surface area contributed by atoms with Gasteiger partial charge in [0, 0.05) is 34.8 Å². The average molecular weight is 680 g/mol. The first-order valence-corrected chi connectivity index (χ1v) is 15.3. The van der Waals surface area contributed by atoms with Crippen LogP contribution in [0.2, 0.25) is 5.02 Å². The SMILES string of the molecule is CO[C@H]1[C@@H]2OC(C)(C)O[C@@H]2O[C@H]1[C@H](CC(N)=O)NC(=O)[C@@H]1CCC(Cc2ccc(Br)cc2)N1C(=O)Nc1ccc(Cl)cc1. The molecule has 11 nitrogen and oxygen atoms in total. The van der Waals surface area contributed by atoms with Crippen molar-refractivity contribution < 1.29 is 33.3 Å². The molecule has 5 rings (SSSR count). The smallest absolute Gasteiger partial charge is 0.322 e. The molecule has 4 N–H and O–H groups in total. The lowest BCUT2D eigenvalue weighted by Gasteiger charge is -2.33. The van der Waals surface area contributed by atoms with Gasteiger partial charge < -0.3 is 40.2 Å². The van der Waals surface area contributed by atoms with Crippen molar-refractivity contribution in [2.75, 3.05) is 12.4 Å². The quantitative estimate of drug-likeness (QED) is 0.364. The number of carbonyl (C=O) groups excluding carboxylic acids is 3. The number of amides is 4. The minimum Gasteiger partial charge on any atom is -0.376 e. The normalized spacial score (nSPS) is 28.3. The Kier molecular flexibility index (Phi) is 9.64. The Morgan fingerprint density at radius 1 is 1.12 bits per heavy atom. The summed E-state index contributed by atoms with van der Waals surface area (Å²) in [6.45, 7) is 3.54. The molecule has 4 amide bonds. The summed E-state index contributed by atoms with van der Waals surface area (Å²) in [5.74, 6) is -1.92. The number of halogens is 2. The van der Waals surface area contributed by atoms with Gasteiger partial charge in [-0.3, -0.25) is 9.59 Å². The van der Waals surface area contributed by atoms with Crippen molar-refractivity contribution in [1.82, 2.24) is 10.2 Å². The molecule has 0 radical (unpaired) electrons. The second-order valence-corrected chi connectivity index (χ2v) is 12.8. The van der Waals surface area contributed by atoms with Gasteiger partial charge in [-0.1, -0.05) is 39.7 Å². The number of nitrogens with zero attached hydrogens (tertiary/aromatic N) is 1. The molecule has 3 aliphatic rings. The number of benzene rings is 2. The molecule has 2 aromatic carbocycles. The third-order valence-electron chi connectivity index (χ3n) is 7.96. The van der Waals surface area contributed by atoms with Crippen molar-refractivity contribution in [3.8, 4) is 0 Å². The number of primary amides is 1. The van der Waals surface area contributed by atoms with Crippen LogP contribution in [0.5, 0.6) is 0 Å². The van der Waals surface area contributed by atoms with Crippen molar-refractivity contribution in [1.29, 1.82) is 0 Å². The van der Waals surface area contributed by atoms with Crippen molar-refractivity contribution in [3.63, 3.8) is 0 Å². The van der Waals surface area contributed by atoms with Gasteiger partial charge in [0.25, 0.3) is 0 Å². The maximum Gasteiger partial charge on any atom is 0.322 e. The van der Waals surface area contributed by atoms with Crippen molar-refractivity contribution in [3.05, 3.63) is 63.6 Å². The summed E-state index contributed by atoms with van der Waals surface area (Å²) in [6, 6.07) is 12.3. The number of carbonyl (C=O) groups is 3. The van der Waals surface area contributed by atoms with Gasteiger partial charge in [-0.25, -0.2) is 4.79 Å². The molecule has 0 aromatic heterocycles. The molecule has 0 bridgehead atoms. The number of urea groups is 1. The molecule has 7 atom stereocenters. The lowest BCUT2D eigenvalue weighted by atomic mass is 9.99. The number of nitrogens with two attached hydrogens (primary N) is 1. The lowest BCUT2D eigenvalue weighted by Crippen LogP contribution is -2.57. The van der Waals surface area contributed by atoms with E-state index in [1.165, 1.54) is 7.11 Å². The zero-order valence-corrected chi connectivity index (χ0v) is 26.5. The predicted octanol–water partition coefficient (Wildman–Crippen LogP) is 3.96. The summed E-state index contributed by atoms with van der Waals surface area (Å²) in [6.07, 6.45) is -1.31. The molecule has 3 heterocycles. The van der Waals surface area contributed by atoms with Gasteiger partial charge in [0.1, 0.15) is 24.4 Å². The van der Waals surface area contributed by atoms with Crippen LogP contribution in [0.1, 0.15) is 38.7 Å². The number of nitrogens with one attached hydrogen (secondary N) is 2. The van der Waals surface area contributed by atoms with Crippen LogP contribution in [0.15, 0.2) is 53.0 Å². The van der Waals surface area contributed by atoms with E-state index in [0.717, 1.165) is 10.0 Å². The molecule has 0 spiro atoms. The highest BCUT2D eigenvalue weighted by atomic mass is 79.9. The van der Waals surface area contributed by atoms with E-state index in [4.69, 9.17) is 36.3 Å². The van der Waals surface area contributed by atoms with Crippen LogP contribution in [0.25, 0.3) is 0 Å². The molecule has 3 saturated heterocycles. The standard InChI is InChI=1S/C30H36BrClN4O7/c1-30(2)42-26-25(40-3)24(41-28(26)43-30)21(15-23(33)37)35-27(38)22-13-12-20(14-16-4-6-17(31)7-5-16)36(22)29(39)34-19-10-8-18(32)9-11-19/h4-11,20-22,24-26,28H,12-15H2,1-3H3,(H2,33,37)(H,34,39)(H,35,38)/t20?,21-,22-,24-,25+,26-,28-/m0/s1. The highest BCUT2D eigenvalue weighted by molar-refractivity contribution is 9.10. The molecule has 2 aromatic rings. The average Bonchev–Trinajstić information content (AvgIpc) is 3.60. The third-order valence-corrected chi connectivity index (χ3v) is 8.74. The zero-order chi connectivity index (χ0) is 30.9. The third kappa shape index (κ3) is 7.33. The molecular formula is C30H36BrClN4O7. The second kappa shape index (κ2) is 13.1. The fraction of sp³-hybridized carbons (Fsp3) is 0.500. The Labute approximate surface area is 263 Å². The first-order valence-electron chi connectivity index (χ1n) is 14.2. The summed E-state index contributed by atoms with van der Waals surface area (Å²) < 4.78 is 24.6. The minimum atomic E-state index is -0.870. The number of hydrogen-bond acceptors (Lipinski definition) is 7. The van der Waals surface area contributed by atoms with Gasteiger partial charge in [-0.05, 0) is 75.1 Å². The maximum absolute atomic E-state index is 13.9. The van der Waals surface area contributed by atoms with E-state index in [0.29, 0.717) is 30.0 Å². The Balaban J connectivity index is 1.36. The van der Waals surface area contributed by atoms with E-state index in [1.54, 1.807) is 43.0 Å². The number of fused-ring (bicyclic) bond motifs is 1. The van der Waals surface area contributed by atoms with E-state index in [1.807, 2.05) is 24.3 Å². The summed E-state index contributed by atoms with van der Waals surface area (Å²) in [5.41, 5.74) is 7.17. The zero-order valence-electron chi connectivity index (χ0n) is 24.1. The molecule has 0 aliphatic carbocycles. The van der Waals surface area contributed by atoms with Crippen LogP contribution >= 0.6 is 27.5 Å². The monoisotopic (exact) mass is 678 g/mol. The van der Waals surface area contributed by atoms with Crippen molar-refractivity contribution in [2.45, 2.75) is 88.0 Å². The van der Waals surface area contributed by atoms with E-state index < -0.39 is 60.3 Å². The number of methoxy groups -OCH3 is 1. The molecule has 232 valence electrons. The number of rotatable bonds is 9. The summed E-state index contributed by atoms with van der Waals surface area (Å²) in [4.78, 5) is 41.3. The van der Waals surface area contributed by atoms with Crippen LogP contribution in [0.4, 0.5) is 10.5 Å². The van der Waals surface area contributed by atoms with Crippen LogP contribution in [-0.4, -0.2) is 78.4 Å². The predicted molar refractivity (Wildman–Crippen MR) is 162 cm³/mol. The van der Waals surface area contributed by atoms with E-state index in [9.17, 15) is 14.4 Å². The van der Waals surface area contributed by atoms with E-state index in [2.05, 4.69) is 26.6 Å². The highest BCUT2D eigenvalue weighted by Gasteiger charge is 2.57. The Morgan fingerprint density at radius 3 is 2.47 bits per heavy atom. The molecule has 13 heteroatoms. The van der Waals surface area contributed by atoms with E-state index in [-0.39, 0.29) is 12.5 Å². The number of anilines is 1.